The number of hydrogen-bond acceptors (Lipinski definition) is 4. The van der Waals surface area contributed by atoms with E-state index in [-0.39, 0.29) is 6.61 Å². The Hall–Kier alpha value is -1.72. The van der Waals surface area contributed by atoms with Crippen LogP contribution in [0.15, 0.2) is 30.3 Å². The molecule has 0 saturated heterocycles. The second-order valence-electron chi connectivity index (χ2n) is 5.32. The second-order valence-corrected chi connectivity index (χ2v) is 5.32. The normalized spacial score (nSPS) is 14.1. The van der Waals surface area contributed by atoms with Crippen molar-refractivity contribution in [1.29, 1.82) is 0 Å². The average Bonchev–Trinajstić information content (AvgIpc) is 2.82. The van der Waals surface area contributed by atoms with Gasteiger partial charge < -0.3 is 10.4 Å². The average molecular weight is 288 g/mol. The van der Waals surface area contributed by atoms with Gasteiger partial charge in [0, 0.05) is 6.54 Å². The highest BCUT2D eigenvalue weighted by molar-refractivity contribution is 5.24. The van der Waals surface area contributed by atoms with Crippen molar-refractivity contribution in [2.24, 2.45) is 0 Å². The minimum absolute atomic E-state index is 0.0532. The summed E-state index contributed by atoms with van der Waals surface area (Å²) < 4.78 is 1.90. The summed E-state index contributed by atoms with van der Waals surface area (Å²) >= 11 is 0. The number of aryl methyl sites for hydroxylation is 3. The molecule has 0 aliphatic heterocycles. The van der Waals surface area contributed by atoms with E-state index in [1.807, 2.05) is 36.7 Å². The molecule has 1 aromatic heterocycles. The van der Waals surface area contributed by atoms with Crippen molar-refractivity contribution in [3.63, 3.8) is 0 Å². The first kappa shape index (κ1) is 15.7. The van der Waals surface area contributed by atoms with Crippen LogP contribution in [0, 0.1) is 13.8 Å². The molecule has 2 N–H and O–H groups in total. The number of hydrogen-bond donors (Lipinski definition) is 2. The second kappa shape index (κ2) is 6.83. The molecule has 0 aliphatic carbocycles. The lowest BCUT2D eigenvalue weighted by Crippen LogP contribution is -2.46. The van der Waals surface area contributed by atoms with Crippen LogP contribution in [0.25, 0.3) is 0 Å². The number of aromatic nitrogens is 3. The van der Waals surface area contributed by atoms with E-state index in [4.69, 9.17) is 0 Å². The lowest BCUT2D eigenvalue weighted by molar-refractivity contribution is 0.146. The van der Waals surface area contributed by atoms with Crippen LogP contribution in [0.2, 0.25) is 0 Å². The minimum Gasteiger partial charge on any atom is -0.394 e. The van der Waals surface area contributed by atoms with Gasteiger partial charge >= 0.3 is 0 Å². The van der Waals surface area contributed by atoms with Gasteiger partial charge in [0.1, 0.15) is 11.6 Å². The number of nitrogens with zero attached hydrogens (tertiary/aromatic N) is 3. The molecule has 0 bridgehead atoms. The van der Waals surface area contributed by atoms with Gasteiger partial charge in [-0.1, -0.05) is 37.3 Å². The van der Waals surface area contributed by atoms with Crippen LogP contribution in [-0.4, -0.2) is 33.0 Å². The highest BCUT2D eigenvalue weighted by atomic mass is 16.3. The Morgan fingerprint density at radius 2 is 1.95 bits per heavy atom. The van der Waals surface area contributed by atoms with E-state index < -0.39 is 5.54 Å². The number of aliphatic hydroxyl groups is 1. The molecule has 0 spiro atoms. The van der Waals surface area contributed by atoms with Gasteiger partial charge in [-0.05, 0) is 32.4 Å². The van der Waals surface area contributed by atoms with E-state index in [1.54, 1.807) is 0 Å². The molecule has 1 unspecified atom stereocenters. The predicted molar refractivity (Wildman–Crippen MR) is 83.0 cm³/mol. The third-order valence-electron chi connectivity index (χ3n) is 3.82. The fourth-order valence-electron chi connectivity index (χ4n) is 2.73. The quantitative estimate of drug-likeness (QED) is 0.815. The van der Waals surface area contributed by atoms with E-state index in [1.165, 1.54) is 0 Å². The Balaban J connectivity index is 2.22. The lowest BCUT2D eigenvalue weighted by Gasteiger charge is -2.33. The van der Waals surface area contributed by atoms with Crippen LogP contribution in [0.3, 0.4) is 0 Å². The fourth-order valence-corrected chi connectivity index (χ4v) is 2.73. The van der Waals surface area contributed by atoms with E-state index >= 15 is 0 Å². The van der Waals surface area contributed by atoms with Gasteiger partial charge in [0.05, 0.1) is 12.1 Å². The summed E-state index contributed by atoms with van der Waals surface area (Å²) in [6.45, 7) is 7.47. The third kappa shape index (κ3) is 3.49. The smallest absolute Gasteiger partial charge is 0.147 e. The Morgan fingerprint density at radius 1 is 1.24 bits per heavy atom. The first-order valence-corrected chi connectivity index (χ1v) is 7.41. The molecule has 1 atom stereocenters. The van der Waals surface area contributed by atoms with Crippen LogP contribution in [0.4, 0.5) is 0 Å². The largest absolute Gasteiger partial charge is 0.394 e. The van der Waals surface area contributed by atoms with Gasteiger partial charge in [-0.25, -0.2) is 4.98 Å². The summed E-state index contributed by atoms with van der Waals surface area (Å²) in [6, 6.07) is 10.1. The Morgan fingerprint density at radius 3 is 2.48 bits per heavy atom. The zero-order valence-electron chi connectivity index (χ0n) is 13.0. The maximum atomic E-state index is 10.0. The molecule has 0 aliphatic rings. The fraction of sp³-hybridized carbons (Fsp3) is 0.500. The molecule has 21 heavy (non-hydrogen) atoms. The molecule has 5 nitrogen and oxygen atoms in total. The molecule has 0 fully saturated rings. The molecule has 0 radical (unpaired) electrons. The van der Waals surface area contributed by atoms with Crippen molar-refractivity contribution in [2.45, 2.75) is 39.3 Å². The molecule has 114 valence electrons. The van der Waals surface area contributed by atoms with Crippen LogP contribution in [0.1, 0.15) is 30.6 Å². The van der Waals surface area contributed by atoms with Gasteiger partial charge in [0.2, 0.25) is 0 Å². The number of aliphatic hydroxyl groups excluding tert-OH is 1. The standard InChI is InChI=1S/C16H24N4O/c1-4-17-16(12-21,15-8-6-5-7-9-15)10-11-20-14(3)18-13(2)19-20/h5-9,17,21H,4,10-12H2,1-3H3. The van der Waals surface area contributed by atoms with E-state index in [0.717, 1.165) is 36.7 Å². The van der Waals surface area contributed by atoms with Gasteiger partial charge in [0.15, 0.2) is 0 Å². The molecule has 2 rings (SSSR count). The summed E-state index contributed by atoms with van der Waals surface area (Å²) in [5.41, 5.74) is 0.659. The maximum absolute atomic E-state index is 10.0. The third-order valence-corrected chi connectivity index (χ3v) is 3.82. The SMILES string of the molecule is CCNC(CO)(CCn1nc(C)nc1C)c1ccccc1. The Labute approximate surface area is 126 Å². The van der Waals surface area contributed by atoms with Crippen LogP contribution >= 0.6 is 0 Å². The summed E-state index contributed by atoms with van der Waals surface area (Å²) in [7, 11) is 0. The number of benzene rings is 1. The van der Waals surface area contributed by atoms with Gasteiger partial charge in [-0.2, -0.15) is 5.10 Å². The Kier molecular flexibility index (Phi) is 5.09. The topological polar surface area (TPSA) is 63.0 Å². The van der Waals surface area contributed by atoms with E-state index in [9.17, 15) is 5.11 Å². The summed E-state index contributed by atoms with van der Waals surface area (Å²) in [5, 5.41) is 17.9. The number of nitrogens with one attached hydrogen (secondary N) is 1. The van der Waals surface area contributed by atoms with Crippen molar-refractivity contribution in [3.8, 4) is 0 Å². The molecule has 1 heterocycles. The van der Waals surface area contributed by atoms with Crippen molar-refractivity contribution in [2.75, 3.05) is 13.2 Å². The van der Waals surface area contributed by atoms with Gasteiger partial charge in [-0.3, -0.25) is 4.68 Å². The summed E-state index contributed by atoms with van der Waals surface area (Å²) in [5.74, 6) is 1.69. The number of rotatable bonds is 7. The zero-order valence-corrected chi connectivity index (χ0v) is 13.0. The Bertz CT molecular complexity index is 567. The van der Waals surface area contributed by atoms with Crippen molar-refractivity contribution < 1.29 is 5.11 Å². The van der Waals surface area contributed by atoms with Crippen LogP contribution < -0.4 is 5.32 Å². The minimum atomic E-state index is -0.442. The molecule has 0 amide bonds. The van der Waals surface area contributed by atoms with Crippen LogP contribution in [0.5, 0.6) is 0 Å². The summed E-state index contributed by atoms with van der Waals surface area (Å²) in [4.78, 5) is 4.33. The molecule has 2 aromatic rings. The maximum Gasteiger partial charge on any atom is 0.147 e. The summed E-state index contributed by atoms with van der Waals surface area (Å²) in [6.07, 6.45) is 0.755. The van der Waals surface area contributed by atoms with Gasteiger partial charge in [-0.15, -0.1) is 0 Å². The first-order valence-electron chi connectivity index (χ1n) is 7.41. The highest BCUT2D eigenvalue weighted by Crippen LogP contribution is 2.25. The van der Waals surface area contributed by atoms with Crippen molar-refractivity contribution in [3.05, 3.63) is 47.5 Å². The first-order chi connectivity index (χ1) is 10.1. The lowest BCUT2D eigenvalue weighted by atomic mass is 9.87. The molecule has 5 heteroatoms. The number of likely N-dealkylation sites (N-methyl/N-ethyl adjacent to an activating group) is 1. The van der Waals surface area contributed by atoms with Crippen molar-refractivity contribution in [1.82, 2.24) is 20.1 Å². The molecular formula is C16H24N4O. The van der Waals surface area contributed by atoms with Crippen LogP contribution in [-0.2, 0) is 12.1 Å². The van der Waals surface area contributed by atoms with Crippen molar-refractivity contribution >= 4 is 0 Å². The van der Waals surface area contributed by atoms with E-state index in [0.29, 0.717) is 0 Å². The molecular weight excluding hydrogens is 264 g/mol. The van der Waals surface area contributed by atoms with Gasteiger partial charge in [0.25, 0.3) is 0 Å². The van der Waals surface area contributed by atoms with E-state index in [2.05, 4.69) is 34.5 Å². The molecule has 1 aromatic carbocycles. The zero-order chi connectivity index (χ0) is 15.3. The highest BCUT2D eigenvalue weighted by Gasteiger charge is 2.30. The molecule has 0 saturated carbocycles. The monoisotopic (exact) mass is 288 g/mol. The predicted octanol–water partition coefficient (Wildman–Crippen LogP) is 1.78.